The van der Waals surface area contributed by atoms with E-state index in [-0.39, 0.29) is 5.91 Å². The summed E-state index contributed by atoms with van der Waals surface area (Å²) in [7, 11) is 1.94. The third kappa shape index (κ3) is 2.93. The Balaban J connectivity index is 1.64. The number of nitrogens with zero attached hydrogens (tertiary/aromatic N) is 3. The number of amides is 1. The summed E-state index contributed by atoms with van der Waals surface area (Å²) in [6.45, 7) is 1.72. The van der Waals surface area contributed by atoms with Gasteiger partial charge in [-0.3, -0.25) is 9.48 Å². The number of aromatic nitrogens is 2. The van der Waals surface area contributed by atoms with Gasteiger partial charge in [0.15, 0.2) is 0 Å². The smallest absolute Gasteiger partial charge is 0.227 e. The summed E-state index contributed by atoms with van der Waals surface area (Å²) in [6.07, 6.45) is 6.75. The van der Waals surface area contributed by atoms with Crippen LogP contribution >= 0.6 is 11.3 Å². The molecule has 0 spiro atoms. The van der Waals surface area contributed by atoms with Gasteiger partial charge >= 0.3 is 0 Å². The Morgan fingerprint density at radius 3 is 3.15 bits per heavy atom. The Bertz CT molecular complexity index is 576. The van der Waals surface area contributed by atoms with Gasteiger partial charge < -0.3 is 4.90 Å². The molecule has 0 bridgehead atoms. The fourth-order valence-electron chi connectivity index (χ4n) is 2.81. The van der Waals surface area contributed by atoms with Gasteiger partial charge in [0.1, 0.15) is 0 Å². The van der Waals surface area contributed by atoms with Crippen LogP contribution in [-0.4, -0.2) is 33.7 Å². The standard InChI is InChI=1S/C15H19N3OS/c1-17-9-14(8-16-17)13-3-2-5-18(10-13)15(19)7-12-4-6-20-11-12/h4,6,8-9,11,13H,2-3,5,7,10H2,1H3. The first-order chi connectivity index (χ1) is 9.72. The van der Waals surface area contributed by atoms with Crippen molar-refractivity contribution in [3.05, 3.63) is 40.3 Å². The molecule has 3 rings (SSSR count). The van der Waals surface area contributed by atoms with Crippen LogP contribution in [-0.2, 0) is 18.3 Å². The van der Waals surface area contributed by atoms with E-state index in [0.717, 1.165) is 31.5 Å². The summed E-state index contributed by atoms with van der Waals surface area (Å²) < 4.78 is 1.83. The topological polar surface area (TPSA) is 38.1 Å². The van der Waals surface area contributed by atoms with Crippen LogP contribution in [0.3, 0.4) is 0 Å². The van der Waals surface area contributed by atoms with Crippen LogP contribution in [0.25, 0.3) is 0 Å². The van der Waals surface area contributed by atoms with E-state index < -0.39 is 0 Å². The Hall–Kier alpha value is -1.62. The molecule has 1 amide bonds. The minimum Gasteiger partial charge on any atom is -0.342 e. The number of thiophene rings is 1. The number of hydrogen-bond acceptors (Lipinski definition) is 3. The first kappa shape index (κ1) is 13.4. The Kier molecular flexibility index (Phi) is 3.87. The molecule has 0 aromatic carbocycles. The average molecular weight is 289 g/mol. The Morgan fingerprint density at radius 2 is 2.45 bits per heavy atom. The minimum atomic E-state index is 0.247. The highest BCUT2D eigenvalue weighted by Gasteiger charge is 2.25. The molecule has 0 N–H and O–H groups in total. The molecule has 0 aliphatic carbocycles. The van der Waals surface area contributed by atoms with Gasteiger partial charge in [0, 0.05) is 32.3 Å². The summed E-state index contributed by atoms with van der Waals surface area (Å²) in [5, 5.41) is 8.32. The predicted molar refractivity (Wildman–Crippen MR) is 79.8 cm³/mol. The summed E-state index contributed by atoms with van der Waals surface area (Å²) in [4.78, 5) is 14.4. The number of rotatable bonds is 3. The van der Waals surface area contributed by atoms with Crippen molar-refractivity contribution in [3.8, 4) is 0 Å². The molecule has 1 fully saturated rings. The van der Waals surface area contributed by atoms with Crippen molar-refractivity contribution in [3.63, 3.8) is 0 Å². The summed E-state index contributed by atoms with van der Waals surface area (Å²) in [6, 6.07) is 2.03. The number of piperidine rings is 1. The lowest BCUT2D eigenvalue weighted by atomic mass is 9.92. The number of carbonyl (C=O) groups excluding carboxylic acids is 1. The molecule has 20 heavy (non-hydrogen) atoms. The highest BCUT2D eigenvalue weighted by Crippen LogP contribution is 2.26. The molecule has 0 radical (unpaired) electrons. The molecule has 106 valence electrons. The van der Waals surface area contributed by atoms with Gasteiger partial charge in [-0.2, -0.15) is 16.4 Å². The second kappa shape index (κ2) is 5.79. The predicted octanol–water partition coefficient (Wildman–Crippen LogP) is 2.43. The molecular weight excluding hydrogens is 270 g/mol. The van der Waals surface area contributed by atoms with Crippen molar-refractivity contribution < 1.29 is 4.79 Å². The third-order valence-electron chi connectivity index (χ3n) is 3.91. The minimum absolute atomic E-state index is 0.247. The lowest BCUT2D eigenvalue weighted by Gasteiger charge is -2.32. The maximum atomic E-state index is 12.4. The molecule has 3 heterocycles. The van der Waals surface area contributed by atoms with Crippen LogP contribution in [0, 0.1) is 0 Å². The van der Waals surface area contributed by atoms with Gasteiger partial charge in [0.05, 0.1) is 12.6 Å². The first-order valence-electron chi connectivity index (χ1n) is 7.00. The largest absolute Gasteiger partial charge is 0.342 e. The zero-order valence-corrected chi connectivity index (χ0v) is 12.5. The van der Waals surface area contributed by atoms with Gasteiger partial charge in [0.2, 0.25) is 5.91 Å². The van der Waals surface area contributed by atoms with Crippen LogP contribution < -0.4 is 0 Å². The van der Waals surface area contributed by atoms with E-state index in [1.807, 2.05) is 34.3 Å². The number of hydrogen-bond donors (Lipinski definition) is 0. The van der Waals surface area contributed by atoms with Gasteiger partial charge in [-0.25, -0.2) is 0 Å². The Morgan fingerprint density at radius 1 is 1.55 bits per heavy atom. The maximum absolute atomic E-state index is 12.4. The van der Waals surface area contributed by atoms with Crippen molar-refractivity contribution in [1.29, 1.82) is 0 Å². The van der Waals surface area contributed by atoms with Gasteiger partial charge in [-0.15, -0.1) is 0 Å². The highest BCUT2D eigenvalue weighted by atomic mass is 32.1. The third-order valence-corrected chi connectivity index (χ3v) is 4.64. The van der Waals surface area contributed by atoms with Crippen molar-refractivity contribution >= 4 is 17.2 Å². The molecular formula is C15H19N3OS. The molecule has 1 unspecified atom stereocenters. The zero-order valence-electron chi connectivity index (χ0n) is 11.7. The van der Waals surface area contributed by atoms with E-state index in [1.165, 1.54) is 5.56 Å². The maximum Gasteiger partial charge on any atom is 0.227 e. The van der Waals surface area contributed by atoms with Crippen LogP contribution in [0.2, 0.25) is 0 Å². The molecule has 5 heteroatoms. The van der Waals surface area contributed by atoms with Gasteiger partial charge in [-0.05, 0) is 40.8 Å². The lowest BCUT2D eigenvalue weighted by molar-refractivity contribution is -0.131. The summed E-state index contributed by atoms with van der Waals surface area (Å²) in [5.74, 6) is 0.681. The molecule has 1 aliphatic heterocycles. The molecule has 2 aromatic heterocycles. The van der Waals surface area contributed by atoms with E-state index in [4.69, 9.17) is 0 Å². The molecule has 4 nitrogen and oxygen atoms in total. The molecule has 0 saturated carbocycles. The normalized spacial score (nSPS) is 19.2. The summed E-state index contributed by atoms with van der Waals surface area (Å²) in [5.41, 5.74) is 2.38. The molecule has 1 atom stereocenters. The van der Waals surface area contributed by atoms with Crippen LogP contribution in [0.5, 0.6) is 0 Å². The molecule has 1 aliphatic rings. The van der Waals surface area contributed by atoms with Crippen molar-refractivity contribution in [2.24, 2.45) is 7.05 Å². The van der Waals surface area contributed by atoms with Crippen molar-refractivity contribution in [2.45, 2.75) is 25.2 Å². The van der Waals surface area contributed by atoms with Gasteiger partial charge in [-0.1, -0.05) is 0 Å². The van der Waals surface area contributed by atoms with E-state index in [9.17, 15) is 4.79 Å². The van der Waals surface area contributed by atoms with Crippen molar-refractivity contribution in [2.75, 3.05) is 13.1 Å². The van der Waals surface area contributed by atoms with E-state index in [1.54, 1.807) is 11.3 Å². The number of aryl methyl sites for hydroxylation is 1. The van der Waals surface area contributed by atoms with Crippen LogP contribution in [0.4, 0.5) is 0 Å². The van der Waals surface area contributed by atoms with E-state index in [0.29, 0.717) is 12.3 Å². The molecule has 2 aromatic rings. The highest BCUT2D eigenvalue weighted by molar-refractivity contribution is 7.07. The number of likely N-dealkylation sites (tertiary alicyclic amines) is 1. The second-order valence-corrected chi connectivity index (χ2v) is 6.21. The summed E-state index contributed by atoms with van der Waals surface area (Å²) >= 11 is 1.65. The van der Waals surface area contributed by atoms with E-state index >= 15 is 0 Å². The lowest BCUT2D eigenvalue weighted by Crippen LogP contribution is -2.39. The quantitative estimate of drug-likeness (QED) is 0.870. The molecule has 1 saturated heterocycles. The SMILES string of the molecule is Cn1cc(C2CCCN(C(=O)Cc3ccsc3)C2)cn1. The number of carbonyl (C=O) groups is 1. The van der Waals surface area contributed by atoms with E-state index in [2.05, 4.69) is 16.7 Å². The van der Waals surface area contributed by atoms with Crippen LogP contribution in [0.15, 0.2) is 29.2 Å². The monoisotopic (exact) mass is 289 g/mol. The first-order valence-corrected chi connectivity index (χ1v) is 7.94. The fraction of sp³-hybridized carbons (Fsp3) is 0.467. The van der Waals surface area contributed by atoms with Crippen molar-refractivity contribution in [1.82, 2.24) is 14.7 Å². The average Bonchev–Trinajstić information content (AvgIpc) is 3.10. The van der Waals surface area contributed by atoms with Crippen LogP contribution in [0.1, 0.15) is 29.9 Å². The second-order valence-electron chi connectivity index (χ2n) is 5.43. The van der Waals surface area contributed by atoms with Gasteiger partial charge in [0.25, 0.3) is 0 Å². The Labute approximate surface area is 123 Å². The zero-order chi connectivity index (χ0) is 13.9. The fourth-order valence-corrected chi connectivity index (χ4v) is 3.47.